The van der Waals surface area contributed by atoms with Gasteiger partial charge in [-0.25, -0.2) is 0 Å². The third kappa shape index (κ3) is 3.71. The first-order chi connectivity index (χ1) is 9.86. The lowest BCUT2D eigenvalue weighted by molar-refractivity contribution is -0.384. The number of benzene rings is 1. The monoisotopic (exact) mass is 291 g/mol. The Bertz CT molecular complexity index is 570. The number of nitro benzene ring substituents is 1. The molecule has 2 rings (SSSR count). The first kappa shape index (κ1) is 15.3. The lowest BCUT2D eigenvalue weighted by Gasteiger charge is -2.21. The number of anilines is 2. The second-order valence-electron chi connectivity index (χ2n) is 6.01. The molecule has 1 aliphatic rings. The molecule has 0 saturated carbocycles. The van der Waals surface area contributed by atoms with Gasteiger partial charge in [-0.1, -0.05) is 13.8 Å². The number of rotatable bonds is 5. The third-order valence-corrected chi connectivity index (χ3v) is 3.54. The van der Waals surface area contributed by atoms with Gasteiger partial charge in [0.1, 0.15) is 5.69 Å². The highest BCUT2D eigenvalue weighted by atomic mass is 16.6. The predicted molar refractivity (Wildman–Crippen MR) is 82.6 cm³/mol. The van der Waals surface area contributed by atoms with Gasteiger partial charge < -0.3 is 10.6 Å². The Kier molecular flexibility index (Phi) is 4.45. The zero-order valence-electron chi connectivity index (χ0n) is 12.6. The number of carbonyl (C=O) groups is 1. The van der Waals surface area contributed by atoms with E-state index in [1.54, 1.807) is 12.1 Å². The molecular formula is C15H21N3O3. The van der Waals surface area contributed by atoms with Crippen LogP contribution in [0.4, 0.5) is 17.1 Å². The minimum Gasteiger partial charge on any atom is -0.377 e. The van der Waals surface area contributed by atoms with Gasteiger partial charge in [0.05, 0.1) is 4.92 Å². The highest BCUT2D eigenvalue weighted by Crippen LogP contribution is 2.34. The molecule has 1 atom stereocenters. The topological polar surface area (TPSA) is 84.3 Å². The highest BCUT2D eigenvalue weighted by Gasteiger charge is 2.23. The number of nitrogens with zero attached hydrogens (tertiary/aromatic N) is 1. The summed E-state index contributed by atoms with van der Waals surface area (Å²) >= 11 is 0. The van der Waals surface area contributed by atoms with E-state index in [9.17, 15) is 14.9 Å². The highest BCUT2D eigenvalue weighted by molar-refractivity contribution is 5.95. The summed E-state index contributed by atoms with van der Waals surface area (Å²) in [6, 6.07) is 3.38. The van der Waals surface area contributed by atoms with Crippen molar-refractivity contribution in [1.29, 1.82) is 0 Å². The number of nitro groups is 1. The van der Waals surface area contributed by atoms with Crippen LogP contribution in [0.1, 0.15) is 39.2 Å². The fraction of sp³-hybridized carbons (Fsp3) is 0.533. The smallest absolute Gasteiger partial charge is 0.292 e. The van der Waals surface area contributed by atoms with Crippen molar-refractivity contribution in [2.24, 2.45) is 5.92 Å². The summed E-state index contributed by atoms with van der Waals surface area (Å²) in [4.78, 5) is 22.3. The van der Waals surface area contributed by atoms with Crippen molar-refractivity contribution in [3.05, 3.63) is 27.8 Å². The molecule has 0 radical (unpaired) electrons. The van der Waals surface area contributed by atoms with Crippen LogP contribution >= 0.6 is 0 Å². The average Bonchev–Trinajstić information content (AvgIpc) is 2.36. The molecule has 6 heteroatoms. The minimum absolute atomic E-state index is 0.0440. The molecular weight excluding hydrogens is 270 g/mol. The van der Waals surface area contributed by atoms with Crippen molar-refractivity contribution in [2.45, 2.75) is 46.1 Å². The molecule has 0 aromatic heterocycles. The molecule has 114 valence electrons. The van der Waals surface area contributed by atoms with Gasteiger partial charge in [0.15, 0.2) is 0 Å². The number of hydrogen-bond acceptors (Lipinski definition) is 4. The Balaban J connectivity index is 2.32. The maximum absolute atomic E-state index is 11.5. The van der Waals surface area contributed by atoms with E-state index in [-0.39, 0.29) is 22.6 Å². The van der Waals surface area contributed by atoms with Crippen LogP contribution in [0.15, 0.2) is 12.1 Å². The fourth-order valence-corrected chi connectivity index (χ4v) is 2.71. The average molecular weight is 291 g/mol. The van der Waals surface area contributed by atoms with E-state index in [2.05, 4.69) is 24.5 Å². The van der Waals surface area contributed by atoms with Crippen molar-refractivity contribution < 1.29 is 9.72 Å². The zero-order chi connectivity index (χ0) is 15.6. The second kappa shape index (κ2) is 6.11. The molecule has 0 spiro atoms. The van der Waals surface area contributed by atoms with E-state index in [0.29, 0.717) is 30.1 Å². The standard InChI is InChI=1S/C15H21N3O3/c1-9(2)6-10(3)16-13-8-12-11(4-5-15(19)17-12)7-14(13)18(20)21/h7-10,16H,4-6H2,1-3H3,(H,17,19). The Morgan fingerprint density at radius 1 is 1.33 bits per heavy atom. The number of nitrogens with one attached hydrogen (secondary N) is 2. The van der Waals surface area contributed by atoms with Gasteiger partial charge >= 0.3 is 0 Å². The molecule has 1 aromatic carbocycles. The van der Waals surface area contributed by atoms with Crippen LogP contribution < -0.4 is 10.6 Å². The Morgan fingerprint density at radius 3 is 2.67 bits per heavy atom. The number of hydrogen-bond donors (Lipinski definition) is 2. The summed E-state index contributed by atoms with van der Waals surface area (Å²) < 4.78 is 0. The van der Waals surface area contributed by atoms with Crippen LogP contribution in [-0.4, -0.2) is 16.9 Å². The van der Waals surface area contributed by atoms with Gasteiger partial charge in [-0.05, 0) is 37.3 Å². The normalized spacial score (nSPS) is 15.3. The van der Waals surface area contributed by atoms with Gasteiger partial charge in [0.25, 0.3) is 5.69 Å². The number of amides is 1. The maximum atomic E-state index is 11.5. The number of aryl methyl sites for hydroxylation is 1. The molecule has 6 nitrogen and oxygen atoms in total. The Labute approximate surface area is 124 Å². The first-order valence-corrected chi connectivity index (χ1v) is 7.24. The van der Waals surface area contributed by atoms with E-state index in [4.69, 9.17) is 0 Å². The summed E-state index contributed by atoms with van der Waals surface area (Å²) in [5, 5.41) is 17.2. The van der Waals surface area contributed by atoms with E-state index < -0.39 is 0 Å². The van der Waals surface area contributed by atoms with E-state index in [1.165, 1.54) is 0 Å². The van der Waals surface area contributed by atoms with Gasteiger partial charge in [-0.15, -0.1) is 0 Å². The quantitative estimate of drug-likeness (QED) is 0.643. The van der Waals surface area contributed by atoms with Crippen molar-refractivity contribution in [3.8, 4) is 0 Å². The fourth-order valence-electron chi connectivity index (χ4n) is 2.71. The molecule has 1 heterocycles. The molecule has 0 saturated heterocycles. The van der Waals surface area contributed by atoms with Gasteiger partial charge in [0.2, 0.25) is 5.91 Å². The maximum Gasteiger partial charge on any atom is 0.292 e. The van der Waals surface area contributed by atoms with Crippen LogP contribution in [0.5, 0.6) is 0 Å². The van der Waals surface area contributed by atoms with E-state index in [0.717, 1.165) is 12.0 Å². The molecule has 1 unspecified atom stereocenters. The number of fused-ring (bicyclic) bond motifs is 1. The van der Waals surface area contributed by atoms with Crippen LogP contribution in [-0.2, 0) is 11.2 Å². The SMILES string of the molecule is CC(C)CC(C)Nc1cc2c(cc1[N+](=O)[O-])CCC(=O)N2. The predicted octanol–water partition coefficient (Wildman–Crippen LogP) is 3.33. The van der Waals surface area contributed by atoms with E-state index in [1.807, 2.05) is 6.92 Å². The van der Waals surface area contributed by atoms with Gasteiger partial charge in [0, 0.05) is 24.2 Å². The first-order valence-electron chi connectivity index (χ1n) is 7.24. The van der Waals surface area contributed by atoms with Crippen molar-refractivity contribution in [1.82, 2.24) is 0 Å². The molecule has 21 heavy (non-hydrogen) atoms. The molecule has 1 amide bonds. The van der Waals surface area contributed by atoms with Crippen LogP contribution in [0.2, 0.25) is 0 Å². The zero-order valence-corrected chi connectivity index (χ0v) is 12.6. The van der Waals surface area contributed by atoms with Crippen LogP contribution in [0, 0.1) is 16.0 Å². The summed E-state index contributed by atoms with van der Waals surface area (Å²) in [5.41, 5.74) is 2.04. The minimum atomic E-state index is -0.374. The van der Waals surface area contributed by atoms with Crippen LogP contribution in [0.3, 0.4) is 0 Å². The molecule has 0 fully saturated rings. The summed E-state index contributed by atoms with van der Waals surface area (Å²) in [5.74, 6) is 0.460. The Morgan fingerprint density at radius 2 is 2.05 bits per heavy atom. The molecule has 0 aliphatic carbocycles. The lowest BCUT2D eigenvalue weighted by Crippen LogP contribution is -2.21. The Hall–Kier alpha value is -2.11. The molecule has 2 N–H and O–H groups in total. The molecule has 0 bridgehead atoms. The van der Waals surface area contributed by atoms with Crippen molar-refractivity contribution in [3.63, 3.8) is 0 Å². The second-order valence-corrected chi connectivity index (χ2v) is 6.01. The lowest BCUT2D eigenvalue weighted by atomic mass is 10.0. The summed E-state index contributed by atoms with van der Waals surface area (Å²) in [6.45, 7) is 6.22. The molecule has 1 aliphatic heterocycles. The number of carbonyl (C=O) groups excluding carboxylic acids is 1. The van der Waals surface area contributed by atoms with Crippen molar-refractivity contribution >= 4 is 23.0 Å². The largest absolute Gasteiger partial charge is 0.377 e. The van der Waals surface area contributed by atoms with E-state index >= 15 is 0 Å². The molecule has 1 aromatic rings. The third-order valence-electron chi connectivity index (χ3n) is 3.54. The van der Waals surface area contributed by atoms with Crippen LogP contribution in [0.25, 0.3) is 0 Å². The summed E-state index contributed by atoms with van der Waals surface area (Å²) in [6.07, 6.45) is 1.84. The van der Waals surface area contributed by atoms with Crippen molar-refractivity contribution in [2.75, 3.05) is 10.6 Å². The van der Waals surface area contributed by atoms with Gasteiger partial charge in [-0.3, -0.25) is 14.9 Å². The summed E-state index contributed by atoms with van der Waals surface area (Å²) in [7, 11) is 0. The van der Waals surface area contributed by atoms with Gasteiger partial charge in [-0.2, -0.15) is 0 Å².